The van der Waals surface area contributed by atoms with E-state index < -0.39 is 0 Å². The first-order chi connectivity index (χ1) is 32.4. The summed E-state index contributed by atoms with van der Waals surface area (Å²) in [5.41, 5.74) is 9.55. The molecule has 8 aromatic carbocycles. The van der Waals surface area contributed by atoms with Gasteiger partial charge in [0.2, 0.25) is 0 Å². The van der Waals surface area contributed by atoms with Gasteiger partial charge in [0, 0.05) is 0 Å². The smallest absolute Gasteiger partial charge is 1.00 e. The maximum Gasteiger partial charge on any atom is 2.00 e. The molecule has 0 spiro atoms. The van der Waals surface area contributed by atoms with Crippen LogP contribution in [0.15, 0.2) is 133 Å². The molecule has 0 unspecified atom stereocenters. The number of hydrogen-bond donors (Lipinski definition) is 0. The predicted molar refractivity (Wildman–Crippen MR) is 298 cm³/mol. The van der Waals surface area contributed by atoms with E-state index in [1.807, 2.05) is 0 Å². The first kappa shape index (κ1) is 59.1. The van der Waals surface area contributed by atoms with Crippen molar-refractivity contribution in [2.24, 2.45) is 0 Å². The Hall–Kier alpha value is -1.81. The molecule has 4 aliphatic rings. The molecule has 368 valence electrons. The van der Waals surface area contributed by atoms with E-state index in [0.29, 0.717) is 0 Å². The van der Waals surface area contributed by atoms with Crippen molar-refractivity contribution in [3.63, 3.8) is 0 Å². The summed E-state index contributed by atoms with van der Waals surface area (Å²) in [6, 6.07) is 49.8. The van der Waals surface area contributed by atoms with Crippen molar-refractivity contribution >= 4 is 69.5 Å². The molecule has 6 heteroatoms. The molecule has 0 bridgehead atoms. The molecule has 12 rings (SSSR count). The van der Waals surface area contributed by atoms with Crippen molar-refractivity contribution < 1.29 is 68.2 Å². The molecule has 0 nitrogen and oxygen atoms in total. The number of rotatable bonds is 6. The fourth-order valence-corrected chi connectivity index (χ4v) is 20.2. The Kier molecular flexibility index (Phi) is 24.7. The number of benzene rings is 4. The summed E-state index contributed by atoms with van der Waals surface area (Å²) in [6.45, 7) is 8.62. The Bertz CT molecular complexity index is 2370. The standard InChI is InChI=1S/2C21H28P.2C11H11.2ClH.2Ti/c2*1-3-11-19(12-4-1)22(20-13-5-2-6-14-20)21-15-17-9-7-8-10-18(17)16-21;2*1-8-6-7-9(2)11-5-3-4-10(8)11;;;;/h2*7-10,15-16,19-20H,1-6,11-14H2;2*3-7H,1-2H3;2*1H;;/q4*-1;;;2*+2/p-2. The van der Waals surface area contributed by atoms with Crippen LogP contribution in [0.3, 0.4) is 0 Å². The molecule has 8 aromatic rings. The van der Waals surface area contributed by atoms with Gasteiger partial charge < -0.3 is 24.8 Å². The Morgan fingerprint density at radius 3 is 0.971 bits per heavy atom. The monoisotopic (exact) mass is 1070 g/mol. The summed E-state index contributed by atoms with van der Waals surface area (Å²) in [4.78, 5) is 0. The topological polar surface area (TPSA) is 0 Å². The van der Waals surface area contributed by atoms with Crippen molar-refractivity contribution in [1.29, 1.82) is 0 Å². The van der Waals surface area contributed by atoms with Gasteiger partial charge in [-0.25, -0.2) is 0 Å². The zero-order valence-corrected chi connectivity index (χ0v) is 49.2. The summed E-state index contributed by atoms with van der Waals surface area (Å²) in [5.74, 6) is 0. The number of halogens is 2. The molecular weight excluding hydrogens is 997 g/mol. The summed E-state index contributed by atoms with van der Waals surface area (Å²) in [6.07, 6.45) is 29.8. The number of aryl methyl sites for hydroxylation is 4. The van der Waals surface area contributed by atoms with Crippen LogP contribution in [0, 0.1) is 27.7 Å². The third-order valence-electron chi connectivity index (χ3n) is 16.2. The second-order valence-corrected chi connectivity index (χ2v) is 26.4. The van der Waals surface area contributed by atoms with Crippen LogP contribution in [-0.2, 0) is 43.4 Å². The van der Waals surface area contributed by atoms with E-state index in [2.05, 4.69) is 161 Å². The zero-order valence-electron chi connectivity index (χ0n) is 42.8. The van der Waals surface area contributed by atoms with Gasteiger partial charge in [0.15, 0.2) is 0 Å². The van der Waals surface area contributed by atoms with E-state index >= 15 is 0 Å². The van der Waals surface area contributed by atoms with E-state index in [1.165, 1.54) is 194 Å². The van der Waals surface area contributed by atoms with Crippen LogP contribution in [0.4, 0.5) is 0 Å². The van der Waals surface area contributed by atoms with Crippen molar-refractivity contribution in [2.45, 2.75) is 179 Å². The summed E-state index contributed by atoms with van der Waals surface area (Å²) in [7, 11) is 0.122. The van der Waals surface area contributed by atoms with Crippen molar-refractivity contribution in [3.05, 3.63) is 156 Å². The molecule has 0 saturated heterocycles. The molecule has 4 aliphatic carbocycles. The fraction of sp³-hybridized carbons (Fsp3) is 0.438. The summed E-state index contributed by atoms with van der Waals surface area (Å²) in [5, 5.41) is 14.9. The summed E-state index contributed by atoms with van der Waals surface area (Å²) < 4.78 is 0. The van der Waals surface area contributed by atoms with Crippen LogP contribution in [0.5, 0.6) is 0 Å². The number of hydrogen-bond acceptors (Lipinski definition) is 0. The van der Waals surface area contributed by atoms with Crippen molar-refractivity contribution in [3.8, 4) is 0 Å². The Morgan fingerprint density at radius 2 is 0.671 bits per heavy atom. The molecule has 0 aliphatic heterocycles. The minimum absolute atomic E-state index is 0. The van der Waals surface area contributed by atoms with Crippen LogP contribution in [-0.4, -0.2) is 22.6 Å². The van der Waals surface area contributed by atoms with Crippen LogP contribution in [0.25, 0.3) is 43.1 Å². The van der Waals surface area contributed by atoms with Crippen LogP contribution in [0.1, 0.15) is 151 Å². The van der Waals surface area contributed by atoms with Gasteiger partial charge >= 0.3 is 43.4 Å². The van der Waals surface area contributed by atoms with E-state index in [9.17, 15) is 0 Å². The van der Waals surface area contributed by atoms with Gasteiger partial charge in [0.25, 0.3) is 0 Å². The minimum Gasteiger partial charge on any atom is -1.00 e. The first-order valence-corrected chi connectivity index (χ1v) is 29.5. The molecule has 4 saturated carbocycles. The SMILES string of the molecule is Cc1ccc(C)c2[cH-]ccc12.Cc1ccc(C)c2[cH-]ccc12.[Cl-].[Cl-].[Ti+2].[Ti+2].c1ccc2[cH-]c(P(C3CCCCC3)C3CCCCC3)cc2c1.c1ccc2[cH-]c(P(C3CCCCC3)C3CCCCC3)cc2c1. The Balaban J connectivity index is 0.000000179. The summed E-state index contributed by atoms with van der Waals surface area (Å²) >= 11 is 0. The van der Waals surface area contributed by atoms with Crippen LogP contribution >= 0.6 is 15.8 Å². The normalized spacial score (nSPS) is 17.0. The molecule has 0 aromatic heterocycles. The third-order valence-corrected chi connectivity index (χ3v) is 23.1. The van der Waals surface area contributed by atoms with E-state index in [4.69, 9.17) is 0 Å². The van der Waals surface area contributed by atoms with Crippen molar-refractivity contribution in [1.82, 2.24) is 0 Å². The molecule has 0 atom stereocenters. The minimum atomic E-state index is 0. The molecule has 70 heavy (non-hydrogen) atoms. The van der Waals surface area contributed by atoms with Gasteiger partial charge in [-0.05, 0) is 87.9 Å². The van der Waals surface area contributed by atoms with Crippen molar-refractivity contribution in [2.75, 3.05) is 0 Å². The quantitative estimate of drug-likeness (QED) is 0.0884. The van der Waals surface area contributed by atoms with Gasteiger partial charge in [-0.2, -0.15) is 36.4 Å². The molecule has 0 amide bonds. The third kappa shape index (κ3) is 14.7. The zero-order chi connectivity index (χ0) is 45.2. The van der Waals surface area contributed by atoms with Gasteiger partial charge in [0.05, 0.1) is 0 Å². The molecular formula is C64H78Cl2P2Ti2-2. The maximum absolute atomic E-state index is 2.55. The Morgan fingerprint density at radius 1 is 0.371 bits per heavy atom. The predicted octanol–water partition coefficient (Wildman–Crippen LogP) is 13.0. The second-order valence-electron chi connectivity index (χ2n) is 20.8. The van der Waals surface area contributed by atoms with Gasteiger partial charge in [-0.15, -0.1) is 138 Å². The molecule has 0 heterocycles. The van der Waals surface area contributed by atoms with Gasteiger partial charge in [-0.1, -0.05) is 142 Å². The molecule has 0 radical (unpaired) electrons. The van der Waals surface area contributed by atoms with Gasteiger partial charge in [0.1, 0.15) is 0 Å². The second kappa shape index (κ2) is 29.3. The first-order valence-electron chi connectivity index (χ1n) is 26.5. The van der Waals surface area contributed by atoms with E-state index in [1.54, 1.807) is 10.6 Å². The molecule has 4 fully saturated rings. The van der Waals surface area contributed by atoms with Crippen LogP contribution in [0.2, 0.25) is 0 Å². The average molecular weight is 1080 g/mol. The van der Waals surface area contributed by atoms with Crippen LogP contribution < -0.4 is 35.4 Å². The van der Waals surface area contributed by atoms with E-state index in [0.717, 1.165) is 22.6 Å². The van der Waals surface area contributed by atoms with E-state index in [-0.39, 0.29) is 84.1 Å². The Labute approximate surface area is 468 Å². The van der Waals surface area contributed by atoms with Gasteiger partial charge in [-0.3, -0.25) is 0 Å². The molecule has 0 N–H and O–H groups in total. The fourth-order valence-electron chi connectivity index (χ4n) is 12.5. The largest absolute Gasteiger partial charge is 2.00 e. The average Bonchev–Trinajstić information content (AvgIpc) is 4.21. The maximum atomic E-state index is 2.55. The number of fused-ring (bicyclic) bond motifs is 4.